The molecule has 0 saturated carbocycles. The lowest BCUT2D eigenvalue weighted by Gasteiger charge is -2.18. The van der Waals surface area contributed by atoms with Crippen LogP contribution in [0.2, 0.25) is 0 Å². The molecule has 0 heterocycles. The van der Waals surface area contributed by atoms with E-state index < -0.39 is 6.10 Å². The Labute approximate surface area is 475 Å². The minimum Gasteiger partial charge on any atom is -0.462 e. The zero-order valence-corrected chi connectivity index (χ0v) is 49.9. The van der Waals surface area contributed by atoms with Gasteiger partial charge in [-0.1, -0.05) is 296 Å². The van der Waals surface area contributed by atoms with Crippen LogP contribution in [0, 0.1) is 0 Å². The number of hydrogen-bond acceptors (Lipinski definition) is 6. The number of ether oxygens (including phenoxy) is 3. The minimum atomic E-state index is -0.843. The maximum Gasteiger partial charge on any atom is 0.306 e. The summed E-state index contributed by atoms with van der Waals surface area (Å²) >= 11 is 0. The zero-order chi connectivity index (χ0) is 55.7. The van der Waals surface area contributed by atoms with Crippen LogP contribution >= 0.6 is 0 Å². The van der Waals surface area contributed by atoms with E-state index in [0.717, 1.165) is 83.5 Å². The van der Waals surface area contributed by atoms with Gasteiger partial charge in [0.1, 0.15) is 13.2 Å². The fraction of sp³-hybridized carbons (Fsp3) is 0.648. The first-order valence-corrected chi connectivity index (χ1v) is 31.7. The van der Waals surface area contributed by atoms with Crippen LogP contribution in [0.15, 0.2) is 134 Å². The van der Waals surface area contributed by atoms with E-state index in [4.69, 9.17) is 14.2 Å². The molecule has 0 amide bonds. The molecule has 0 aliphatic rings. The normalized spacial score (nSPS) is 13.0. The number of carbonyl (C=O) groups excluding carboxylic acids is 3. The summed E-state index contributed by atoms with van der Waals surface area (Å²) in [4.78, 5) is 38.3. The lowest BCUT2D eigenvalue weighted by molar-refractivity contribution is -0.166. The molecule has 0 spiro atoms. The van der Waals surface area contributed by atoms with E-state index in [2.05, 4.69) is 142 Å². The van der Waals surface area contributed by atoms with Crippen molar-refractivity contribution in [1.82, 2.24) is 0 Å². The molecule has 0 radical (unpaired) electrons. The summed E-state index contributed by atoms with van der Waals surface area (Å²) in [6.45, 7) is 6.39. The van der Waals surface area contributed by atoms with Gasteiger partial charge in [0, 0.05) is 19.3 Å². The van der Waals surface area contributed by atoms with Crippen molar-refractivity contribution >= 4 is 17.9 Å². The van der Waals surface area contributed by atoms with Crippen LogP contribution in [0.25, 0.3) is 0 Å². The topological polar surface area (TPSA) is 78.9 Å². The largest absolute Gasteiger partial charge is 0.462 e. The van der Waals surface area contributed by atoms with Crippen molar-refractivity contribution < 1.29 is 28.6 Å². The molecule has 6 heteroatoms. The van der Waals surface area contributed by atoms with E-state index in [1.807, 2.05) is 12.2 Å². The Morgan fingerprint density at radius 3 is 0.844 bits per heavy atom. The van der Waals surface area contributed by atoms with E-state index >= 15 is 0 Å². The van der Waals surface area contributed by atoms with Crippen LogP contribution in [0.1, 0.15) is 278 Å². The average molecular weight is 1070 g/mol. The van der Waals surface area contributed by atoms with E-state index in [-0.39, 0.29) is 44.0 Å². The van der Waals surface area contributed by atoms with Crippen molar-refractivity contribution in [2.24, 2.45) is 0 Å². The molecule has 77 heavy (non-hydrogen) atoms. The Hall–Kier alpha value is -4.45. The Morgan fingerprint density at radius 1 is 0.273 bits per heavy atom. The summed E-state index contributed by atoms with van der Waals surface area (Å²) < 4.78 is 16.8. The highest BCUT2D eigenvalue weighted by Crippen LogP contribution is 2.16. The Kier molecular flexibility index (Phi) is 60.4. The van der Waals surface area contributed by atoms with Crippen LogP contribution in [0.4, 0.5) is 0 Å². The molecular weight excluding hydrogens is 949 g/mol. The van der Waals surface area contributed by atoms with Gasteiger partial charge in [-0.25, -0.2) is 0 Å². The molecule has 0 aromatic carbocycles. The van der Waals surface area contributed by atoms with Crippen molar-refractivity contribution in [2.45, 2.75) is 284 Å². The molecule has 0 aromatic heterocycles. The molecule has 0 aromatic rings. The van der Waals surface area contributed by atoms with Crippen molar-refractivity contribution in [2.75, 3.05) is 13.2 Å². The van der Waals surface area contributed by atoms with E-state index in [0.29, 0.717) is 19.3 Å². The van der Waals surface area contributed by atoms with Gasteiger partial charge < -0.3 is 14.2 Å². The molecular formula is C71H116O6. The van der Waals surface area contributed by atoms with E-state index in [1.54, 1.807) is 0 Å². The summed E-state index contributed by atoms with van der Waals surface area (Å²) in [7, 11) is 0. The summed E-state index contributed by atoms with van der Waals surface area (Å²) in [5.41, 5.74) is 0. The summed E-state index contributed by atoms with van der Waals surface area (Å²) in [5.74, 6) is -1.10. The van der Waals surface area contributed by atoms with Crippen molar-refractivity contribution in [3.8, 4) is 0 Å². The standard InChI is InChI=1S/C71H116O6/c1-4-7-10-13-16-19-22-25-28-31-34-35-38-41-44-47-50-53-56-59-62-65-71(74)77-68(66-75-69(72)63-60-57-54-51-48-45-42-39-36-32-29-26-23-20-17-14-11-8-5-2)67-76-70(73)64-61-58-55-52-49-46-43-40-37-33-30-27-24-21-18-15-12-9-6-3/h8,11,17-18,20-21,26-27,29-30,36-37,39-40,45-46,48-49,54-55,57-58,68H,4-7,9-10,12-16,19,22-25,28,31-35,38,41-44,47,50-53,56,59-67H2,1-3H3/b11-8-,20-17-,21-18-,29-26-,30-27-,39-36-,40-37-,48-45-,49-46-,57-54-,58-55-/t68-/m1/s1. The van der Waals surface area contributed by atoms with Crippen LogP contribution in [0.3, 0.4) is 0 Å². The van der Waals surface area contributed by atoms with Crippen LogP contribution in [-0.4, -0.2) is 37.2 Å². The number of rotatable bonds is 56. The van der Waals surface area contributed by atoms with Crippen molar-refractivity contribution in [3.05, 3.63) is 134 Å². The first-order chi connectivity index (χ1) is 38.0. The smallest absolute Gasteiger partial charge is 0.306 e. The first kappa shape index (κ1) is 72.5. The third-order valence-electron chi connectivity index (χ3n) is 13.2. The molecule has 0 aliphatic carbocycles. The molecule has 0 bridgehead atoms. The maximum absolute atomic E-state index is 12.9. The Morgan fingerprint density at radius 2 is 0.532 bits per heavy atom. The molecule has 0 aliphatic heterocycles. The van der Waals surface area contributed by atoms with Crippen LogP contribution in [0.5, 0.6) is 0 Å². The number of carbonyl (C=O) groups is 3. The molecule has 6 nitrogen and oxygen atoms in total. The number of esters is 3. The van der Waals surface area contributed by atoms with E-state index in [1.165, 1.54) is 141 Å². The lowest BCUT2D eigenvalue weighted by Crippen LogP contribution is -2.30. The second-order valence-corrected chi connectivity index (χ2v) is 20.6. The van der Waals surface area contributed by atoms with Gasteiger partial charge in [0.25, 0.3) is 0 Å². The van der Waals surface area contributed by atoms with Crippen molar-refractivity contribution in [1.29, 1.82) is 0 Å². The minimum absolute atomic E-state index is 0.143. The van der Waals surface area contributed by atoms with Gasteiger partial charge in [-0.15, -0.1) is 0 Å². The zero-order valence-electron chi connectivity index (χ0n) is 49.9. The van der Waals surface area contributed by atoms with Crippen molar-refractivity contribution in [3.63, 3.8) is 0 Å². The number of unbranched alkanes of at least 4 members (excludes halogenated alkanes) is 23. The third kappa shape index (κ3) is 62.3. The number of allylic oxidation sites excluding steroid dienone is 22. The summed E-state index contributed by atoms with van der Waals surface area (Å²) in [6.07, 6.45) is 90.5. The van der Waals surface area contributed by atoms with Crippen LogP contribution < -0.4 is 0 Å². The molecule has 436 valence electrons. The van der Waals surface area contributed by atoms with E-state index in [9.17, 15) is 14.4 Å². The lowest BCUT2D eigenvalue weighted by atomic mass is 10.0. The van der Waals surface area contributed by atoms with Gasteiger partial charge in [0.2, 0.25) is 0 Å². The van der Waals surface area contributed by atoms with Gasteiger partial charge in [-0.2, -0.15) is 0 Å². The highest BCUT2D eigenvalue weighted by Gasteiger charge is 2.19. The molecule has 0 unspecified atom stereocenters. The van der Waals surface area contributed by atoms with Gasteiger partial charge >= 0.3 is 17.9 Å². The monoisotopic (exact) mass is 1060 g/mol. The second-order valence-electron chi connectivity index (χ2n) is 20.6. The van der Waals surface area contributed by atoms with Gasteiger partial charge in [-0.05, 0) is 96.3 Å². The fourth-order valence-electron chi connectivity index (χ4n) is 8.45. The summed E-state index contributed by atoms with van der Waals surface area (Å²) in [6, 6.07) is 0. The third-order valence-corrected chi connectivity index (χ3v) is 13.2. The summed E-state index contributed by atoms with van der Waals surface area (Å²) in [5, 5.41) is 0. The SMILES string of the molecule is CC/C=C\C/C=C\C/C=C\C/C=C\C/C=C\C/C=C\CCC(=O)OC[C@H](COC(=O)CC/C=C\C/C=C\C/C=C\C/C=C\C/C=C\CCCCC)OC(=O)CCCCCCCCCCCCCCCCCCCCCCC. The molecule has 0 rings (SSSR count). The van der Waals surface area contributed by atoms with Gasteiger partial charge in [0.15, 0.2) is 6.10 Å². The van der Waals surface area contributed by atoms with Crippen LogP contribution in [-0.2, 0) is 28.6 Å². The molecule has 0 fully saturated rings. The molecule has 0 saturated heterocycles. The van der Waals surface area contributed by atoms with Gasteiger partial charge in [0.05, 0.1) is 0 Å². The predicted molar refractivity (Wildman–Crippen MR) is 334 cm³/mol. The molecule has 1 atom stereocenters. The highest BCUT2D eigenvalue weighted by molar-refractivity contribution is 5.71. The average Bonchev–Trinajstić information content (AvgIpc) is 3.43. The molecule has 0 N–H and O–H groups in total. The van der Waals surface area contributed by atoms with Gasteiger partial charge in [-0.3, -0.25) is 14.4 Å². The maximum atomic E-state index is 12.9. The highest BCUT2D eigenvalue weighted by atomic mass is 16.6. The second kappa shape index (κ2) is 64.1. The first-order valence-electron chi connectivity index (χ1n) is 31.7. The Bertz CT molecular complexity index is 1650. The predicted octanol–water partition coefficient (Wildman–Crippen LogP) is 21.8. The Balaban J connectivity index is 4.57. The fourth-order valence-corrected chi connectivity index (χ4v) is 8.45. The number of hydrogen-bond donors (Lipinski definition) is 0. The quantitative estimate of drug-likeness (QED) is 0.0261.